The molecule has 0 unspecified atom stereocenters. The van der Waals surface area contributed by atoms with Crippen LogP contribution < -0.4 is 4.90 Å². The van der Waals surface area contributed by atoms with Crippen LogP contribution in [0.25, 0.3) is 0 Å². The molecule has 1 fully saturated rings. The average Bonchev–Trinajstić information content (AvgIpc) is 2.53. The molecule has 1 aliphatic heterocycles. The van der Waals surface area contributed by atoms with Gasteiger partial charge in [-0.05, 0) is 29.9 Å². The molecule has 1 heterocycles. The lowest BCUT2D eigenvalue weighted by atomic mass is 10.0. The molecule has 0 spiro atoms. The van der Waals surface area contributed by atoms with Gasteiger partial charge in [0.05, 0.1) is 0 Å². The van der Waals surface area contributed by atoms with Crippen molar-refractivity contribution in [3.8, 4) is 0 Å². The van der Waals surface area contributed by atoms with Crippen LogP contribution in [-0.2, 0) is 4.79 Å². The van der Waals surface area contributed by atoms with E-state index in [0.29, 0.717) is 18.2 Å². The molecular weight excluding hydrogens is 280 g/mol. The first kappa shape index (κ1) is 16.2. The molecule has 1 aromatic rings. The molecule has 116 valence electrons. The molecule has 0 radical (unpaired) electrons. The van der Waals surface area contributed by atoms with Crippen LogP contribution in [-0.4, -0.2) is 49.0 Å². The minimum atomic E-state index is 0.305. The molecule has 0 saturated carbocycles. The number of amides is 1. The van der Waals surface area contributed by atoms with Gasteiger partial charge in [0.25, 0.3) is 0 Å². The van der Waals surface area contributed by atoms with E-state index < -0.39 is 0 Å². The molecule has 0 bridgehead atoms. The molecule has 1 saturated heterocycles. The predicted octanol–water partition coefficient (Wildman–Crippen LogP) is 3.21. The first-order valence-electron chi connectivity index (χ1n) is 7.73. The molecule has 0 N–H and O–H groups in total. The minimum absolute atomic E-state index is 0.305. The number of hydrogen-bond donors (Lipinski definition) is 0. The summed E-state index contributed by atoms with van der Waals surface area (Å²) in [6.07, 6.45) is 2.72. The normalized spacial score (nSPS) is 15.6. The van der Waals surface area contributed by atoms with Crippen molar-refractivity contribution in [2.24, 2.45) is 0 Å². The zero-order valence-corrected chi connectivity index (χ0v) is 14.2. The lowest BCUT2D eigenvalue weighted by Gasteiger charge is -2.36. The number of carbonyl (C=O) groups is 1. The van der Waals surface area contributed by atoms with Gasteiger partial charge in [0.1, 0.15) is 0 Å². The molecule has 21 heavy (non-hydrogen) atoms. The lowest BCUT2D eigenvalue weighted by molar-refractivity contribution is -0.131. The fourth-order valence-corrected chi connectivity index (χ4v) is 3.01. The Morgan fingerprint density at radius 2 is 1.76 bits per heavy atom. The van der Waals surface area contributed by atoms with Crippen molar-refractivity contribution in [1.82, 2.24) is 4.90 Å². The quantitative estimate of drug-likeness (QED) is 0.834. The molecule has 1 aromatic carbocycles. The first-order chi connectivity index (χ1) is 10.1. The zero-order valence-electron chi connectivity index (χ0n) is 13.3. The number of thioether (sulfide) groups is 1. The Morgan fingerprint density at radius 1 is 1.14 bits per heavy atom. The van der Waals surface area contributed by atoms with Crippen LogP contribution in [0.2, 0.25) is 0 Å². The summed E-state index contributed by atoms with van der Waals surface area (Å²) < 4.78 is 0. The van der Waals surface area contributed by atoms with E-state index in [-0.39, 0.29) is 0 Å². The Kier molecular flexibility index (Phi) is 5.97. The number of anilines is 1. The Labute approximate surface area is 132 Å². The number of piperazine rings is 1. The summed E-state index contributed by atoms with van der Waals surface area (Å²) in [7, 11) is 0. The van der Waals surface area contributed by atoms with Crippen LogP contribution in [0.4, 0.5) is 5.69 Å². The van der Waals surface area contributed by atoms with Gasteiger partial charge < -0.3 is 9.80 Å². The van der Waals surface area contributed by atoms with E-state index in [1.165, 1.54) is 11.3 Å². The van der Waals surface area contributed by atoms with Crippen molar-refractivity contribution in [3.05, 3.63) is 29.8 Å². The van der Waals surface area contributed by atoms with Crippen LogP contribution in [0.3, 0.4) is 0 Å². The van der Waals surface area contributed by atoms with E-state index in [0.717, 1.165) is 31.9 Å². The smallest absolute Gasteiger partial charge is 0.223 e. The van der Waals surface area contributed by atoms with Crippen LogP contribution in [0.5, 0.6) is 0 Å². The molecule has 2 rings (SSSR count). The second-order valence-electron chi connectivity index (χ2n) is 5.86. The fourth-order valence-electron chi connectivity index (χ4n) is 2.63. The topological polar surface area (TPSA) is 23.6 Å². The largest absolute Gasteiger partial charge is 0.368 e. The Morgan fingerprint density at radius 3 is 2.29 bits per heavy atom. The van der Waals surface area contributed by atoms with E-state index in [9.17, 15) is 4.79 Å². The average molecular weight is 306 g/mol. The zero-order chi connectivity index (χ0) is 15.2. The van der Waals surface area contributed by atoms with E-state index in [1.807, 2.05) is 11.2 Å². The van der Waals surface area contributed by atoms with Crippen LogP contribution in [0.1, 0.15) is 31.7 Å². The van der Waals surface area contributed by atoms with E-state index in [1.54, 1.807) is 11.8 Å². The van der Waals surface area contributed by atoms with E-state index in [2.05, 4.69) is 43.0 Å². The Hall–Kier alpha value is -1.16. The highest BCUT2D eigenvalue weighted by Crippen LogP contribution is 2.21. The number of rotatable bonds is 5. The highest BCUT2D eigenvalue weighted by Gasteiger charge is 2.20. The molecule has 1 aliphatic rings. The first-order valence-corrected chi connectivity index (χ1v) is 9.13. The van der Waals surface area contributed by atoms with Crippen LogP contribution in [0.15, 0.2) is 24.3 Å². The lowest BCUT2D eigenvalue weighted by Crippen LogP contribution is -2.48. The van der Waals surface area contributed by atoms with Crippen LogP contribution >= 0.6 is 11.8 Å². The van der Waals surface area contributed by atoms with Crippen molar-refractivity contribution in [1.29, 1.82) is 0 Å². The van der Waals surface area contributed by atoms with Crippen molar-refractivity contribution in [2.45, 2.75) is 26.2 Å². The maximum atomic E-state index is 12.0. The fraction of sp³-hybridized carbons (Fsp3) is 0.588. The number of carbonyl (C=O) groups excluding carboxylic acids is 1. The minimum Gasteiger partial charge on any atom is -0.368 e. The van der Waals surface area contributed by atoms with Crippen molar-refractivity contribution in [3.63, 3.8) is 0 Å². The van der Waals surface area contributed by atoms with Gasteiger partial charge in [-0.3, -0.25) is 4.79 Å². The van der Waals surface area contributed by atoms with Gasteiger partial charge in [-0.2, -0.15) is 11.8 Å². The van der Waals surface area contributed by atoms with Gasteiger partial charge in [-0.1, -0.05) is 26.0 Å². The standard InChI is InChI=1S/C17H26N2OS/c1-14(2)15-4-6-16(7-5-15)18-9-11-19(12-10-18)17(20)8-13-21-3/h4-7,14H,8-13H2,1-3H3. The number of hydrogen-bond acceptors (Lipinski definition) is 3. The third-order valence-electron chi connectivity index (χ3n) is 4.08. The third kappa shape index (κ3) is 4.40. The van der Waals surface area contributed by atoms with Crippen molar-refractivity contribution in [2.75, 3.05) is 43.1 Å². The van der Waals surface area contributed by atoms with Gasteiger partial charge in [-0.15, -0.1) is 0 Å². The highest BCUT2D eigenvalue weighted by atomic mass is 32.2. The number of nitrogens with zero attached hydrogens (tertiary/aromatic N) is 2. The van der Waals surface area contributed by atoms with Crippen molar-refractivity contribution < 1.29 is 4.79 Å². The van der Waals surface area contributed by atoms with E-state index in [4.69, 9.17) is 0 Å². The molecule has 0 aromatic heterocycles. The van der Waals surface area contributed by atoms with E-state index >= 15 is 0 Å². The summed E-state index contributed by atoms with van der Waals surface area (Å²) in [5, 5.41) is 0. The van der Waals surface area contributed by atoms with Gasteiger partial charge in [0.15, 0.2) is 0 Å². The second kappa shape index (κ2) is 7.74. The molecular formula is C17H26N2OS. The van der Waals surface area contributed by atoms with Gasteiger partial charge >= 0.3 is 0 Å². The summed E-state index contributed by atoms with van der Waals surface area (Å²) in [5.74, 6) is 1.81. The Balaban J connectivity index is 1.87. The molecule has 0 atom stereocenters. The SMILES string of the molecule is CSCCC(=O)N1CCN(c2ccc(C(C)C)cc2)CC1. The third-order valence-corrected chi connectivity index (χ3v) is 4.69. The van der Waals surface area contributed by atoms with Gasteiger partial charge in [0, 0.05) is 44.0 Å². The molecule has 0 aliphatic carbocycles. The highest BCUT2D eigenvalue weighted by molar-refractivity contribution is 7.98. The summed E-state index contributed by atoms with van der Waals surface area (Å²) in [6, 6.07) is 8.85. The van der Waals surface area contributed by atoms with Crippen LogP contribution in [0, 0.1) is 0 Å². The number of benzene rings is 1. The van der Waals surface area contributed by atoms with Gasteiger partial charge in [-0.25, -0.2) is 0 Å². The summed E-state index contributed by atoms with van der Waals surface area (Å²) in [6.45, 7) is 8.00. The summed E-state index contributed by atoms with van der Waals surface area (Å²) in [5.41, 5.74) is 2.65. The maximum Gasteiger partial charge on any atom is 0.223 e. The molecule has 3 nitrogen and oxygen atoms in total. The summed E-state index contributed by atoms with van der Waals surface area (Å²) >= 11 is 1.74. The molecule has 1 amide bonds. The molecule has 4 heteroatoms. The second-order valence-corrected chi connectivity index (χ2v) is 6.84. The predicted molar refractivity (Wildman–Crippen MR) is 92.3 cm³/mol. The van der Waals surface area contributed by atoms with Crippen molar-refractivity contribution >= 4 is 23.4 Å². The Bertz CT molecular complexity index is 450. The maximum absolute atomic E-state index is 12.0. The van der Waals surface area contributed by atoms with Gasteiger partial charge in [0.2, 0.25) is 5.91 Å². The summed E-state index contributed by atoms with van der Waals surface area (Å²) in [4.78, 5) is 16.4. The monoisotopic (exact) mass is 306 g/mol.